The lowest BCUT2D eigenvalue weighted by Crippen LogP contribution is -2.09. The van der Waals surface area contributed by atoms with Crippen molar-refractivity contribution in [3.8, 4) is 11.6 Å². The molecule has 2 aromatic rings. The monoisotopic (exact) mass is 244 g/mol. The summed E-state index contributed by atoms with van der Waals surface area (Å²) in [6.07, 6.45) is 0.874. The molecule has 1 aromatic heterocycles. The highest BCUT2D eigenvalue weighted by atomic mass is 16.5. The summed E-state index contributed by atoms with van der Waals surface area (Å²) in [5, 5.41) is 4.06. The van der Waals surface area contributed by atoms with E-state index in [4.69, 9.17) is 4.74 Å². The van der Waals surface area contributed by atoms with Crippen molar-refractivity contribution in [3.05, 3.63) is 42.1 Å². The molecule has 0 radical (unpaired) electrons. The van der Waals surface area contributed by atoms with E-state index in [1.54, 1.807) is 6.92 Å². The third kappa shape index (κ3) is 2.45. The van der Waals surface area contributed by atoms with Crippen LogP contribution in [0.5, 0.6) is 5.88 Å². The topological polar surface area (TPSA) is 61.2 Å². The quantitative estimate of drug-likeness (QED) is 0.609. The minimum atomic E-state index is -0.371. The molecule has 0 amide bonds. The highest BCUT2D eigenvalue weighted by Gasteiger charge is 2.13. The first kappa shape index (κ1) is 12.0. The summed E-state index contributed by atoms with van der Waals surface area (Å²) in [6, 6.07) is 10.6. The van der Waals surface area contributed by atoms with Crippen molar-refractivity contribution in [1.29, 1.82) is 0 Å². The second-order valence-electron chi connectivity index (χ2n) is 3.60. The van der Waals surface area contributed by atoms with Crippen LogP contribution in [-0.4, -0.2) is 22.0 Å². The Labute approximate surface area is 104 Å². The molecule has 0 fully saturated rings. The number of hydrogen-bond acceptors (Lipinski definition) is 4. The maximum absolute atomic E-state index is 11.3. The number of esters is 1. The fraction of sp³-hybridized carbons (Fsp3) is 0.154. The van der Waals surface area contributed by atoms with Gasteiger partial charge in [0.2, 0.25) is 5.88 Å². The Balaban J connectivity index is 2.42. The molecular formula is C13H12N2O3. The maximum atomic E-state index is 11.3. The van der Waals surface area contributed by atoms with Gasteiger partial charge in [0.15, 0.2) is 6.29 Å². The number of nitrogens with zero attached hydrogens (tertiary/aromatic N) is 2. The first-order valence-corrected chi connectivity index (χ1v) is 5.56. The number of para-hydroxylation sites is 1. The minimum absolute atomic E-state index is 0.220. The Morgan fingerprint density at radius 3 is 2.72 bits per heavy atom. The Hall–Kier alpha value is -2.43. The molecule has 18 heavy (non-hydrogen) atoms. The van der Waals surface area contributed by atoms with Crippen LogP contribution in [0, 0.1) is 0 Å². The van der Waals surface area contributed by atoms with E-state index in [9.17, 15) is 9.59 Å². The van der Waals surface area contributed by atoms with Crippen molar-refractivity contribution in [3.63, 3.8) is 0 Å². The SMILES string of the molecule is CCC(=O)Oc1cc(C=O)nn1-c1ccccc1. The largest absolute Gasteiger partial charge is 0.407 e. The van der Waals surface area contributed by atoms with Gasteiger partial charge in [-0.1, -0.05) is 25.1 Å². The molecule has 0 unspecified atom stereocenters. The van der Waals surface area contributed by atoms with Crippen LogP contribution < -0.4 is 4.74 Å². The van der Waals surface area contributed by atoms with Gasteiger partial charge in [-0.15, -0.1) is 0 Å². The number of benzene rings is 1. The molecule has 0 aliphatic carbocycles. The third-order valence-corrected chi connectivity index (χ3v) is 2.32. The summed E-state index contributed by atoms with van der Waals surface area (Å²) in [7, 11) is 0. The smallest absolute Gasteiger partial charge is 0.312 e. The zero-order chi connectivity index (χ0) is 13.0. The Bertz CT molecular complexity index is 561. The normalized spacial score (nSPS) is 10.1. The zero-order valence-electron chi connectivity index (χ0n) is 9.87. The van der Waals surface area contributed by atoms with E-state index >= 15 is 0 Å². The zero-order valence-corrected chi connectivity index (χ0v) is 9.87. The predicted octanol–water partition coefficient (Wildman–Crippen LogP) is 2.00. The van der Waals surface area contributed by atoms with E-state index in [0.29, 0.717) is 6.29 Å². The van der Waals surface area contributed by atoms with Crippen LogP contribution in [0.2, 0.25) is 0 Å². The molecule has 0 saturated carbocycles. The number of aromatic nitrogens is 2. The van der Waals surface area contributed by atoms with Crippen LogP contribution >= 0.6 is 0 Å². The average Bonchev–Trinajstić information content (AvgIpc) is 2.82. The van der Waals surface area contributed by atoms with Gasteiger partial charge in [-0.2, -0.15) is 9.78 Å². The molecule has 0 saturated heterocycles. The molecule has 0 atom stereocenters. The first-order valence-electron chi connectivity index (χ1n) is 5.56. The van der Waals surface area contributed by atoms with Crippen LogP contribution in [0.1, 0.15) is 23.8 Å². The second kappa shape index (κ2) is 5.27. The van der Waals surface area contributed by atoms with E-state index in [0.717, 1.165) is 5.69 Å². The fourth-order valence-corrected chi connectivity index (χ4v) is 1.45. The van der Waals surface area contributed by atoms with Crippen molar-refractivity contribution < 1.29 is 14.3 Å². The van der Waals surface area contributed by atoms with E-state index in [1.165, 1.54) is 10.7 Å². The molecule has 1 heterocycles. The van der Waals surface area contributed by atoms with E-state index in [-0.39, 0.29) is 24.0 Å². The van der Waals surface area contributed by atoms with Gasteiger partial charge >= 0.3 is 5.97 Å². The van der Waals surface area contributed by atoms with Gasteiger partial charge in [-0.3, -0.25) is 9.59 Å². The van der Waals surface area contributed by atoms with Crippen LogP contribution in [0.15, 0.2) is 36.4 Å². The van der Waals surface area contributed by atoms with Gasteiger partial charge in [-0.25, -0.2) is 0 Å². The van der Waals surface area contributed by atoms with Gasteiger partial charge in [0.1, 0.15) is 5.69 Å². The van der Waals surface area contributed by atoms with E-state index in [2.05, 4.69) is 5.10 Å². The lowest BCUT2D eigenvalue weighted by Gasteiger charge is -2.06. The average molecular weight is 244 g/mol. The van der Waals surface area contributed by atoms with Crippen LogP contribution in [0.3, 0.4) is 0 Å². The highest BCUT2D eigenvalue weighted by molar-refractivity contribution is 5.75. The summed E-state index contributed by atoms with van der Waals surface area (Å²) in [6.45, 7) is 1.70. The van der Waals surface area contributed by atoms with Crippen molar-refractivity contribution in [1.82, 2.24) is 9.78 Å². The molecule has 0 aliphatic heterocycles. The molecule has 92 valence electrons. The number of aldehydes is 1. The Kier molecular flexibility index (Phi) is 3.52. The summed E-state index contributed by atoms with van der Waals surface area (Å²) in [4.78, 5) is 22.1. The standard InChI is InChI=1S/C13H12N2O3/c1-2-13(17)18-12-8-10(9-16)14-15(12)11-6-4-3-5-7-11/h3-9H,2H2,1H3. The van der Waals surface area contributed by atoms with Gasteiger partial charge in [0.25, 0.3) is 0 Å². The van der Waals surface area contributed by atoms with Gasteiger partial charge in [-0.05, 0) is 12.1 Å². The van der Waals surface area contributed by atoms with E-state index in [1.807, 2.05) is 30.3 Å². The number of ether oxygens (including phenoxy) is 1. The lowest BCUT2D eigenvalue weighted by atomic mass is 10.3. The molecule has 0 aliphatic rings. The molecule has 1 aromatic carbocycles. The summed E-state index contributed by atoms with van der Waals surface area (Å²) < 4.78 is 6.56. The molecular weight excluding hydrogens is 232 g/mol. The number of carbonyl (C=O) groups excluding carboxylic acids is 2. The van der Waals surface area contributed by atoms with Crippen LogP contribution in [0.4, 0.5) is 0 Å². The van der Waals surface area contributed by atoms with Gasteiger partial charge in [0.05, 0.1) is 5.69 Å². The third-order valence-electron chi connectivity index (χ3n) is 2.32. The second-order valence-corrected chi connectivity index (χ2v) is 3.60. The molecule has 2 rings (SSSR count). The van der Waals surface area contributed by atoms with Crippen molar-refractivity contribution in [2.75, 3.05) is 0 Å². The molecule has 0 spiro atoms. The van der Waals surface area contributed by atoms with Gasteiger partial charge in [0, 0.05) is 12.5 Å². The highest BCUT2D eigenvalue weighted by Crippen LogP contribution is 2.19. The Morgan fingerprint density at radius 2 is 2.11 bits per heavy atom. The predicted molar refractivity (Wildman–Crippen MR) is 64.9 cm³/mol. The van der Waals surface area contributed by atoms with Crippen LogP contribution in [0.25, 0.3) is 5.69 Å². The maximum Gasteiger partial charge on any atom is 0.312 e. The Morgan fingerprint density at radius 1 is 1.39 bits per heavy atom. The minimum Gasteiger partial charge on any atom is -0.407 e. The summed E-state index contributed by atoms with van der Waals surface area (Å²) in [5.41, 5.74) is 0.947. The first-order chi connectivity index (χ1) is 8.74. The number of hydrogen-bond donors (Lipinski definition) is 0. The summed E-state index contributed by atoms with van der Waals surface area (Å²) in [5.74, 6) is -0.125. The molecule has 5 nitrogen and oxygen atoms in total. The van der Waals surface area contributed by atoms with Crippen molar-refractivity contribution >= 4 is 12.3 Å². The van der Waals surface area contributed by atoms with Crippen LogP contribution in [-0.2, 0) is 4.79 Å². The summed E-state index contributed by atoms with van der Waals surface area (Å²) >= 11 is 0. The van der Waals surface area contributed by atoms with Crippen molar-refractivity contribution in [2.45, 2.75) is 13.3 Å². The lowest BCUT2D eigenvalue weighted by molar-refractivity contribution is -0.134. The fourth-order valence-electron chi connectivity index (χ4n) is 1.45. The van der Waals surface area contributed by atoms with E-state index < -0.39 is 0 Å². The molecule has 0 bridgehead atoms. The molecule has 5 heteroatoms. The number of rotatable bonds is 4. The van der Waals surface area contributed by atoms with Gasteiger partial charge < -0.3 is 4.74 Å². The molecule has 0 N–H and O–H groups in total. The van der Waals surface area contributed by atoms with Crippen molar-refractivity contribution in [2.24, 2.45) is 0 Å². The number of carbonyl (C=O) groups is 2.